The molecule has 1 aromatic heterocycles. The molecule has 1 fully saturated rings. The van der Waals surface area contributed by atoms with Crippen LogP contribution < -0.4 is 43.0 Å². The number of phenolic OH excluding ortho intramolecular Hbond substituents is 1. The summed E-state index contributed by atoms with van der Waals surface area (Å²) in [6.07, 6.45) is -4.01. The van der Waals surface area contributed by atoms with Crippen LogP contribution in [0.25, 0.3) is 10.9 Å². The van der Waals surface area contributed by atoms with Gasteiger partial charge in [-0.2, -0.15) is 0 Å². The highest BCUT2D eigenvalue weighted by atomic mass is 32.2. The second-order valence-corrected chi connectivity index (χ2v) is 17.0. The van der Waals surface area contributed by atoms with E-state index in [0.717, 1.165) is 16.7 Å². The van der Waals surface area contributed by atoms with Crippen LogP contribution >= 0.6 is 11.8 Å². The average Bonchev–Trinajstić information content (AvgIpc) is 3.80. The molecule has 0 spiro atoms. The van der Waals surface area contributed by atoms with Crippen molar-refractivity contribution in [2.24, 2.45) is 17.6 Å². The molecular weight excluding hydrogens is 849 g/mol. The highest BCUT2D eigenvalue weighted by molar-refractivity contribution is 7.99. The molecule has 63 heavy (non-hydrogen) atoms. The van der Waals surface area contributed by atoms with Gasteiger partial charge >= 0.3 is 0 Å². The van der Waals surface area contributed by atoms with Crippen LogP contribution in [0, 0.1) is 11.8 Å². The summed E-state index contributed by atoms with van der Waals surface area (Å²) < 4.78 is 0. The fourth-order valence-electron chi connectivity index (χ4n) is 7.56. The van der Waals surface area contributed by atoms with E-state index in [0.29, 0.717) is 22.9 Å². The molecule has 1 saturated heterocycles. The number of nitrogens with zero attached hydrogens (tertiary/aromatic N) is 1. The SMILES string of the molecule is CC[C@H](C)[C@@H]1NC(=O)CNC(=O)C2Cc3c([nH]c4cc(O)ccc34)SCC(NC(=O)CNC1=O)C(=O)N[C@@H](CC(N)=O)C(=O)N1CC(O)C[C@H]1C(=O)N[C@@H]([C@@H](C)C(O)CO)C(=O)N2. The molecule has 0 aliphatic carbocycles. The Balaban J connectivity index is 1.70. The number of nitrogens with one attached hydrogen (secondary N) is 8. The second kappa shape index (κ2) is 20.9. The lowest BCUT2D eigenvalue weighted by atomic mass is 9.93. The number of fused-ring (bicyclic) bond motifs is 5. The maximum absolute atomic E-state index is 14.4. The van der Waals surface area contributed by atoms with Crippen molar-refractivity contribution in [2.75, 3.05) is 32.0 Å². The number of carbonyl (C=O) groups is 9. The van der Waals surface area contributed by atoms with Crippen LogP contribution in [-0.2, 0) is 49.6 Å². The first kappa shape index (κ1) is 48.1. The number of hydrogen-bond donors (Lipinski definition) is 13. The van der Waals surface area contributed by atoms with Gasteiger partial charge in [-0.1, -0.05) is 27.2 Å². The van der Waals surface area contributed by atoms with E-state index in [2.05, 4.69) is 42.2 Å². The number of benzene rings is 1. The largest absolute Gasteiger partial charge is 0.508 e. The van der Waals surface area contributed by atoms with Crippen molar-refractivity contribution in [1.29, 1.82) is 0 Å². The summed E-state index contributed by atoms with van der Waals surface area (Å²) in [7, 11) is 0. The zero-order valence-corrected chi connectivity index (χ0v) is 35.6. The van der Waals surface area contributed by atoms with Gasteiger partial charge in [-0.05, 0) is 23.6 Å². The fraction of sp³-hybridized carbons (Fsp3) is 0.564. The molecule has 3 aliphatic rings. The van der Waals surface area contributed by atoms with Gasteiger partial charge in [0.2, 0.25) is 53.2 Å². The smallest absolute Gasteiger partial charge is 0.246 e. The summed E-state index contributed by atoms with van der Waals surface area (Å²) in [6, 6.07) is -5.00. The van der Waals surface area contributed by atoms with Crippen molar-refractivity contribution in [2.45, 2.75) is 99.9 Å². The highest BCUT2D eigenvalue weighted by Gasteiger charge is 2.45. The lowest BCUT2D eigenvalue weighted by Crippen LogP contribution is -2.62. The first-order chi connectivity index (χ1) is 29.8. The Morgan fingerprint density at radius 2 is 1.56 bits per heavy atom. The molecular formula is C39H54N10O13S. The average molecular weight is 903 g/mol. The molecule has 10 atom stereocenters. The van der Waals surface area contributed by atoms with Crippen molar-refractivity contribution in [3.63, 3.8) is 0 Å². The van der Waals surface area contributed by atoms with Gasteiger partial charge in [0.05, 0.1) is 48.9 Å². The molecule has 3 aliphatic heterocycles. The van der Waals surface area contributed by atoms with Crippen LogP contribution in [0.15, 0.2) is 23.2 Å². The second-order valence-electron chi connectivity index (χ2n) is 15.9. The van der Waals surface area contributed by atoms with Crippen molar-refractivity contribution >= 4 is 75.8 Å². The Morgan fingerprint density at radius 1 is 0.873 bits per heavy atom. The number of H-pyrrole nitrogens is 1. The molecule has 1 aromatic carbocycles. The van der Waals surface area contributed by atoms with E-state index in [-0.39, 0.29) is 29.4 Å². The van der Waals surface area contributed by atoms with Crippen molar-refractivity contribution in [3.05, 3.63) is 23.8 Å². The minimum Gasteiger partial charge on any atom is -0.508 e. The molecule has 14 N–H and O–H groups in total. The zero-order valence-electron chi connectivity index (χ0n) is 34.8. The Labute approximate surface area is 364 Å². The number of hydrogen-bond acceptors (Lipinski definition) is 14. The number of thioether (sulfide) groups is 1. The molecule has 5 rings (SSSR count). The van der Waals surface area contributed by atoms with E-state index in [1.165, 1.54) is 25.1 Å². The summed E-state index contributed by atoms with van der Waals surface area (Å²) in [5, 5.41) is 59.9. The summed E-state index contributed by atoms with van der Waals surface area (Å²) in [5.41, 5.74) is 6.19. The van der Waals surface area contributed by atoms with E-state index < -0.39 is 146 Å². The Kier molecular flexibility index (Phi) is 16.0. The third kappa shape index (κ3) is 11.7. The van der Waals surface area contributed by atoms with Gasteiger partial charge in [0.25, 0.3) is 0 Å². The predicted molar refractivity (Wildman–Crippen MR) is 222 cm³/mol. The first-order valence-corrected chi connectivity index (χ1v) is 21.4. The van der Waals surface area contributed by atoms with Gasteiger partial charge in [0, 0.05) is 42.5 Å². The Bertz CT molecular complexity index is 2120. The number of aromatic nitrogens is 1. The van der Waals surface area contributed by atoms with Crippen LogP contribution in [0.2, 0.25) is 0 Å². The number of amides is 9. The molecule has 4 heterocycles. The lowest BCUT2D eigenvalue weighted by Gasteiger charge is -2.32. The number of aromatic hydroxyl groups is 1. The minimum atomic E-state index is -1.75. The number of primary amides is 1. The van der Waals surface area contributed by atoms with Crippen LogP contribution in [0.4, 0.5) is 0 Å². The maximum Gasteiger partial charge on any atom is 0.246 e. The fourth-order valence-corrected chi connectivity index (χ4v) is 8.68. The number of rotatable bonds is 7. The van der Waals surface area contributed by atoms with E-state index >= 15 is 0 Å². The van der Waals surface area contributed by atoms with Gasteiger partial charge in [-0.15, -0.1) is 11.8 Å². The van der Waals surface area contributed by atoms with Crippen molar-refractivity contribution in [1.82, 2.24) is 47.1 Å². The van der Waals surface area contributed by atoms with Gasteiger partial charge in [0.15, 0.2) is 0 Å². The monoisotopic (exact) mass is 902 g/mol. The quantitative estimate of drug-likeness (QED) is 0.124. The number of aliphatic hydroxyl groups is 3. The summed E-state index contributed by atoms with van der Waals surface area (Å²) >= 11 is 0.949. The zero-order chi connectivity index (χ0) is 46.3. The number of carbonyl (C=O) groups excluding carboxylic acids is 9. The summed E-state index contributed by atoms with van der Waals surface area (Å²) in [6.45, 7) is 2.08. The van der Waals surface area contributed by atoms with Gasteiger partial charge in [-0.25, -0.2) is 0 Å². The topological polar surface area (TPSA) is 364 Å². The molecule has 4 unspecified atom stereocenters. The molecule has 2 aromatic rings. The standard InChI is InChI=1S/C39H54N10O13S/c1-4-16(2)31-36(60)42-11-29(55)43-25-15-63-38-21(20-6-5-18(51)7-22(20)46-38)9-23(33(57)41-12-30(56)47-31)44-37(61)32(17(3)27(53)14-50)48-35(59)26-8-19(52)13-49(26)39(62)24(10-28(40)54)45-34(25)58/h5-7,16-17,19,23-27,31-32,46,50-53H,4,8-15H2,1-3H3,(H2,40,54)(H,41,57)(H,42,60)(H,43,55)(H,44,61)(H,45,58)(H,47,56)(H,48,59)/t16-,17-,19?,23?,24-,25?,26-,27?,31-,32-/m0/s1. The van der Waals surface area contributed by atoms with Crippen molar-refractivity contribution in [3.8, 4) is 5.75 Å². The third-order valence-corrected chi connectivity index (χ3v) is 12.5. The molecule has 344 valence electrons. The van der Waals surface area contributed by atoms with Crippen LogP contribution in [0.1, 0.15) is 45.6 Å². The number of nitrogens with two attached hydrogens (primary N) is 1. The van der Waals surface area contributed by atoms with Gasteiger partial charge in [0.1, 0.15) is 42.0 Å². The van der Waals surface area contributed by atoms with E-state index in [4.69, 9.17) is 5.73 Å². The number of phenols is 1. The molecule has 24 heteroatoms. The Morgan fingerprint density at radius 3 is 2.22 bits per heavy atom. The molecule has 9 amide bonds. The van der Waals surface area contributed by atoms with E-state index in [1.807, 2.05) is 0 Å². The summed E-state index contributed by atoms with van der Waals surface area (Å²) in [4.78, 5) is 128. The van der Waals surface area contributed by atoms with Crippen LogP contribution in [-0.4, -0.2) is 164 Å². The van der Waals surface area contributed by atoms with E-state index in [1.54, 1.807) is 13.8 Å². The van der Waals surface area contributed by atoms with Gasteiger partial charge in [-0.3, -0.25) is 43.2 Å². The maximum atomic E-state index is 14.4. The number of aromatic amines is 1. The molecule has 23 nitrogen and oxygen atoms in total. The number of aliphatic hydroxyl groups excluding tert-OH is 3. The van der Waals surface area contributed by atoms with Gasteiger partial charge < -0.3 is 73.3 Å². The lowest BCUT2D eigenvalue weighted by molar-refractivity contribution is -0.144. The molecule has 0 radical (unpaired) electrons. The summed E-state index contributed by atoms with van der Waals surface area (Å²) in [5.74, 6) is -10.7. The minimum absolute atomic E-state index is 0.146. The first-order valence-electron chi connectivity index (χ1n) is 20.4. The van der Waals surface area contributed by atoms with Crippen LogP contribution in [0.3, 0.4) is 0 Å². The predicted octanol–water partition coefficient (Wildman–Crippen LogP) is -4.94. The highest BCUT2D eigenvalue weighted by Crippen LogP contribution is 2.33. The third-order valence-electron chi connectivity index (χ3n) is 11.4. The normalized spacial score (nSPS) is 27.6. The van der Waals surface area contributed by atoms with Crippen molar-refractivity contribution < 1.29 is 63.6 Å². The Hall–Kier alpha value is -5.98. The van der Waals surface area contributed by atoms with Crippen LogP contribution in [0.5, 0.6) is 5.75 Å². The molecule has 0 saturated carbocycles. The molecule has 2 bridgehead atoms. The van der Waals surface area contributed by atoms with E-state index in [9.17, 15) is 63.6 Å².